The first-order valence-corrected chi connectivity index (χ1v) is 7.46. The van der Waals surface area contributed by atoms with Crippen molar-refractivity contribution in [2.24, 2.45) is 5.73 Å². The van der Waals surface area contributed by atoms with E-state index in [4.69, 9.17) is 10.5 Å². The lowest BCUT2D eigenvalue weighted by atomic mass is 10.2. The van der Waals surface area contributed by atoms with Gasteiger partial charge >= 0.3 is 0 Å². The van der Waals surface area contributed by atoms with Crippen molar-refractivity contribution in [2.45, 2.75) is 12.8 Å². The Kier molecular flexibility index (Phi) is 5.95. The third-order valence-corrected chi connectivity index (χ3v) is 3.82. The number of rotatable bonds is 6. The van der Waals surface area contributed by atoms with Crippen LogP contribution in [0.4, 0.5) is 0 Å². The largest absolute Gasteiger partial charge is 0.494 e. The van der Waals surface area contributed by atoms with E-state index in [1.165, 1.54) is 0 Å². The molecule has 0 radical (unpaired) electrons. The number of unbranched alkanes of at least 4 members (excludes halogenated alkanes) is 1. The van der Waals surface area contributed by atoms with Crippen molar-refractivity contribution >= 4 is 5.91 Å². The maximum Gasteiger partial charge on any atom is 0.257 e. The van der Waals surface area contributed by atoms with E-state index in [0.717, 1.165) is 52.1 Å². The van der Waals surface area contributed by atoms with Crippen LogP contribution in [0.25, 0.3) is 0 Å². The van der Waals surface area contributed by atoms with Gasteiger partial charge in [0.1, 0.15) is 5.75 Å². The Balaban J connectivity index is 1.88. The molecule has 1 saturated heterocycles. The van der Waals surface area contributed by atoms with Crippen LogP contribution in [-0.2, 0) is 0 Å². The number of methoxy groups -OCH3 is 1. The summed E-state index contributed by atoms with van der Waals surface area (Å²) in [6.07, 6.45) is 5.39. The van der Waals surface area contributed by atoms with Gasteiger partial charge in [-0.2, -0.15) is 0 Å². The summed E-state index contributed by atoms with van der Waals surface area (Å²) in [5, 5.41) is 0. The standard InChI is InChI=1S/C15H24N4O2/c1-21-14-12-17-6-4-13(14)15(20)19-10-8-18(9-11-19)7-3-2-5-16/h4,6,12H,2-3,5,7-11,16H2,1H3. The van der Waals surface area contributed by atoms with Crippen molar-refractivity contribution in [1.82, 2.24) is 14.8 Å². The summed E-state index contributed by atoms with van der Waals surface area (Å²) in [6, 6.07) is 1.72. The van der Waals surface area contributed by atoms with Gasteiger partial charge < -0.3 is 15.4 Å². The highest BCUT2D eigenvalue weighted by molar-refractivity contribution is 5.96. The molecule has 1 aliphatic rings. The normalized spacial score (nSPS) is 16.0. The number of ether oxygens (including phenoxy) is 1. The molecular weight excluding hydrogens is 268 g/mol. The second-order valence-electron chi connectivity index (χ2n) is 5.21. The van der Waals surface area contributed by atoms with Crippen LogP contribution in [-0.4, -0.2) is 67.1 Å². The van der Waals surface area contributed by atoms with Gasteiger partial charge in [-0.25, -0.2) is 0 Å². The van der Waals surface area contributed by atoms with E-state index in [-0.39, 0.29) is 5.91 Å². The average molecular weight is 292 g/mol. The van der Waals surface area contributed by atoms with Crippen molar-refractivity contribution in [3.05, 3.63) is 24.0 Å². The molecule has 1 amide bonds. The van der Waals surface area contributed by atoms with Gasteiger partial charge in [0.15, 0.2) is 0 Å². The number of amides is 1. The third-order valence-electron chi connectivity index (χ3n) is 3.82. The van der Waals surface area contributed by atoms with Gasteiger partial charge in [-0.3, -0.25) is 14.7 Å². The van der Waals surface area contributed by atoms with Crippen LogP contribution in [0.2, 0.25) is 0 Å². The summed E-state index contributed by atoms with van der Waals surface area (Å²) in [5.74, 6) is 0.559. The molecule has 21 heavy (non-hydrogen) atoms. The topological polar surface area (TPSA) is 71.7 Å². The Morgan fingerprint density at radius 2 is 2.10 bits per heavy atom. The van der Waals surface area contributed by atoms with Gasteiger partial charge in [0.2, 0.25) is 0 Å². The van der Waals surface area contributed by atoms with E-state index in [9.17, 15) is 4.79 Å². The summed E-state index contributed by atoms with van der Waals surface area (Å²) < 4.78 is 5.21. The quantitative estimate of drug-likeness (QED) is 0.777. The molecule has 0 spiro atoms. The van der Waals surface area contributed by atoms with Crippen molar-refractivity contribution < 1.29 is 9.53 Å². The SMILES string of the molecule is COc1cnccc1C(=O)N1CCN(CCCCN)CC1. The fourth-order valence-corrected chi connectivity index (χ4v) is 2.54. The predicted octanol–water partition coefficient (Wildman–Crippen LogP) is 0.587. The molecule has 6 heteroatoms. The molecule has 116 valence electrons. The monoisotopic (exact) mass is 292 g/mol. The molecule has 0 atom stereocenters. The van der Waals surface area contributed by atoms with Crippen LogP contribution in [0, 0.1) is 0 Å². The molecule has 1 aromatic rings. The molecule has 0 aliphatic carbocycles. The minimum Gasteiger partial charge on any atom is -0.494 e. The van der Waals surface area contributed by atoms with E-state index < -0.39 is 0 Å². The van der Waals surface area contributed by atoms with E-state index in [2.05, 4.69) is 9.88 Å². The summed E-state index contributed by atoms with van der Waals surface area (Å²) in [6.45, 7) is 5.17. The van der Waals surface area contributed by atoms with Crippen LogP contribution in [0.3, 0.4) is 0 Å². The summed E-state index contributed by atoms with van der Waals surface area (Å²) in [7, 11) is 1.56. The molecule has 0 bridgehead atoms. The Hall–Kier alpha value is -1.66. The Bertz CT molecular complexity index is 459. The molecular formula is C15H24N4O2. The van der Waals surface area contributed by atoms with Gasteiger partial charge in [0.25, 0.3) is 5.91 Å². The van der Waals surface area contributed by atoms with Gasteiger partial charge in [0.05, 0.1) is 18.9 Å². The van der Waals surface area contributed by atoms with Gasteiger partial charge in [-0.05, 0) is 32.0 Å². The van der Waals surface area contributed by atoms with Gasteiger partial charge in [0, 0.05) is 32.4 Å². The summed E-state index contributed by atoms with van der Waals surface area (Å²) >= 11 is 0. The molecule has 6 nitrogen and oxygen atoms in total. The first-order chi connectivity index (χ1) is 10.3. The van der Waals surface area contributed by atoms with Crippen LogP contribution < -0.4 is 10.5 Å². The maximum absolute atomic E-state index is 12.5. The van der Waals surface area contributed by atoms with E-state index >= 15 is 0 Å². The number of pyridine rings is 1. The molecule has 1 aromatic heterocycles. The number of piperazine rings is 1. The molecule has 2 N–H and O–H groups in total. The van der Waals surface area contributed by atoms with Crippen LogP contribution in [0.5, 0.6) is 5.75 Å². The van der Waals surface area contributed by atoms with Gasteiger partial charge in [-0.15, -0.1) is 0 Å². The number of aromatic nitrogens is 1. The number of nitrogens with two attached hydrogens (primary N) is 1. The highest BCUT2D eigenvalue weighted by Crippen LogP contribution is 2.18. The summed E-state index contributed by atoms with van der Waals surface area (Å²) in [4.78, 5) is 20.8. The van der Waals surface area contributed by atoms with Crippen molar-refractivity contribution in [3.63, 3.8) is 0 Å². The zero-order valence-corrected chi connectivity index (χ0v) is 12.6. The molecule has 2 rings (SSSR count). The van der Waals surface area contributed by atoms with Gasteiger partial charge in [-0.1, -0.05) is 0 Å². The first-order valence-electron chi connectivity index (χ1n) is 7.46. The number of carbonyl (C=O) groups excluding carboxylic acids is 1. The molecule has 2 heterocycles. The lowest BCUT2D eigenvalue weighted by Crippen LogP contribution is -2.48. The highest BCUT2D eigenvalue weighted by Gasteiger charge is 2.23. The zero-order chi connectivity index (χ0) is 15.1. The summed E-state index contributed by atoms with van der Waals surface area (Å²) in [5.41, 5.74) is 6.10. The fraction of sp³-hybridized carbons (Fsp3) is 0.600. The van der Waals surface area contributed by atoms with Crippen LogP contribution >= 0.6 is 0 Å². The fourth-order valence-electron chi connectivity index (χ4n) is 2.54. The Morgan fingerprint density at radius 1 is 1.33 bits per heavy atom. The second kappa shape index (κ2) is 7.95. The zero-order valence-electron chi connectivity index (χ0n) is 12.6. The minimum atomic E-state index is 0.0239. The average Bonchev–Trinajstić information content (AvgIpc) is 2.55. The Labute approximate surface area is 125 Å². The molecule has 0 saturated carbocycles. The minimum absolute atomic E-state index is 0.0239. The number of hydrogen-bond donors (Lipinski definition) is 1. The van der Waals surface area contributed by atoms with Crippen LogP contribution in [0.15, 0.2) is 18.5 Å². The smallest absolute Gasteiger partial charge is 0.257 e. The predicted molar refractivity (Wildman–Crippen MR) is 81.4 cm³/mol. The number of nitrogens with zero attached hydrogens (tertiary/aromatic N) is 3. The molecule has 0 aromatic carbocycles. The lowest BCUT2D eigenvalue weighted by Gasteiger charge is -2.34. The molecule has 1 fully saturated rings. The highest BCUT2D eigenvalue weighted by atomic mass is 16.5. The van der Waals surface area contributed by atoms with Crippen LogP contribution in [0.1, 0.15) is 23.2 Å². The van der Waals surface area contributed by atoms with Crippen molar-refractivity contribution in [3.8, 4) is 5.75 Å². The van der Waals surface area contributed by atoms with E-state index in [1.807, 2.05) is 4.90 Å². The van der Waals surface area contributed by atoms with Crippen molar-refractivity contribution in [1.29, 1.82) is 0 Å². The Morgan fingerprint density at radius 3 is 2.76 bits per heavy atom. The molecule has 1 aliphatic heterocycles. The maximum atomic E-state index is 12.5. The first kappa shape index (κ1) is 15.7. The number of carbonyl (C=O) groups is 1. The van der Waals surface area contributed by atoms with Crippen molar-refractivity contribution in [2.75, 3.05) is 46.4 Å². The third kappa shape index (κ3) is 4.15. The van der Waals surface area contributed by atoms with E-state index in [0.29, 0.717) is 11.3 Å². The van der Waals surface area contributed by atoms with E-state index in [1.54, 1.807) is 25.6 Å². The number of hydrogen-bond acceptors (Lipinski definition) is 5. The second-order valence-corrected chi connectivity index (χ2v) is 5.21. The lowest BCUT2D eigenvalue weighted by molar-refractivity contribution is 0.0632. The molecule has 0 unspecified atom stereocenters.